The maximum Gasteiger partial charge on any atom is 0.119 e. The van der Waals surface area contributed by atoms with E-state index in [1.807, 2.05) is 73.7 Å². The molecule has 1 N–H and O–H groups in total. The minimum atomic E-state index is -0.645. The molecule has 1 heterocycles. The number of halogens is 2. The van der Waals surface area contributed by atoms with Crippen molar-refractivity contribution in [1.29, 1.82) is 0 Å². The Morgan fingerprint density at radius 3 is 2.15 bits per heavy atom. The second kappa shape index (κ2) is 12.4. The predicted molar refractivity (Wildman–Crippen MR) is 137 cm³/mol. The molecule has 1 aliphatic rings. The van der Waals surface area contributed by atoms with Gasteiger partial charge in [0.05, 0.1) is 18.8 Å². The van der Waals surface area contributed by atoms with Crippen molar-refractivity contribution in [3.63, 3.8) is 0 Å². The van der Waals surface area contributed by atoms with Crippen molar-refractivity contribution in [2.24, 2.45) is 0 Å². The number of rotatable bonds is 8. The van der Waals surface area contributed by atoms with E-state index >= 15 is 0 Å². The maximum atomic E-state index is 11.4. The highest BCUT2D eigenvalue weighted by Gasteiger charge is 2.32. The maximum absolute atomic E-state index is 11.4. The van der Waals surface area contributed by atoms with Crippen molar-refractivity contribution in [3.05, 3.63) is 101 Å². The predicted octanol–water partition coefficient (Wildman–Crippen LogP) is 5.75. The Labute approximate surface area is 208 Å². The Hall–Kier alpha value is -2.08. The molecule has 0 radical (unpaired) electrons. The van der Waals surface area contributed by atoms with Gasteiger partial charge in [0, 0.05) is 37.7 Å². The fraction of sp³-hybridized carbons (Fsp3) is 0.333. The van der Waals surface area contributed by atoms with E-state index in [0.29, 0.717) is 11.6 Å². The lowest BCUT2D eigenvalue weighted by Gasteiger charge is -2.41. The normalized spacial score (nSPS) is 16.6. The van der Waals surface area contributed by atoms with Gasteiger partial charge in [-0.25, -0.2) is 0 Å². The molecule has 2 unspecified atom stereocenters. The lowest BCUT2D eigenvalue weighted by atomic mass is 9.93. The molecule has 3 aromatic rings. The van der Waals surface area contributed by atoms with Gasteiger partial charge in [0.2, 0.25) is 0 Å². The van der Waals surface area contributed by atoms with Crippen LogP contribution in [0.4, 0.5) is 0 Å². The SMILES string of the molecule is CCOc1ccc(CN2CCN(C(c3ccccc3Cl)C(O)c3ccccc3)CC2)cc1.Cl. The van der Waals surface area contributed by atoms with Gasteiger partial charge < -0.3 is 9.84 Å². The monoisotopic (exact) mass is 486 g/mol. The summed E-state index contributed by atoms with van der Waals surface area (Å²) in [7, 11) is 0. The van der Waals surface area contributed by atoms with Crippen molar-refractivity contribution >= 4 is 24.0 Å². The molecule has 0 amide bonds. The van der Waals surface area contributed by atoms with Crippen LogP contribution in [0.1, 0.15) is 35.8 Å². The van der Waals surface area contributed by atoms with E-state index in [1.54, 1.807) is 0 Å². The topological polar surface area (TPSA) is 35.9 Å². The zero-order chi connectivity index (χ0) is 22.3. The molecule has 0 aliphatic carbocycles. The van der Waals surface area contributed by atoms with Crippen LogP contribution in [-0.2, 0) is 6.54 Å². The molecular weight excluding hydrogens is 455 g/mol. The Morgan fingerprint density at radius 2 is 1.52 bits per heavy atom. The minimum absolute atomic E-state index is 0. The van der Waals surface area contributed by atoms with Crippen LogP contribution in [0.2, 0.25) is 5.02 Å². The highest BCUT2D eigenvalue weighted by Crippen LogP contribution is 2.38. The Kier molecular flexibility index (Phi) is 9.60. The summed E-state index contributed by atoms with van der Waals surface area (Å²) in [6.45, 7) is 7.22. The highest BCUT2D eigenvalue weighted by molar-refractivity contribution is 6.31. The van der Waals surface area contributed by atoms with Gasteiger partial charge in [-0.15, -0.1) is 12.4 Å². The van der Waals surface area contributed by atoms with Gasteiger partial charge in [-0.3, -0.25) is 9.80 Å². The first-order valence-electron chi connectivity index (χ1n) is 11.3. The average molecular weight is 487 g/mol. The van der Waals surface area contributed by atoms with E-state index in [4.69, 9.17) is 16.3 Å². The highest BCUT2D eigenvalue weighted by atomic mass is 35.5. The molecule has 2 atom stereocenters. The largest absolute Gasteiger partial charge is 0.494 e. The molecule has 33 heavy (non-hydrogen) atoms. The molecule has 6 heteroatoms. The van der Waals surface area contributed by atoms with Gasteiger partial charge in [-0.2, -0.15) is 0 Å². The van der Waals surface area contributed by atoms with E-state index in [2.05, 4.69) is 21.9 Å². The lowest BCUT2D eigenvalue weighted by Crippen LogP contribution is -2.48. The van der Waals surface area contributed by atoms with Gasteiger partial charge in [-0.1, -0.05) is 72.3 Å². The standard InChI is InChI=1S/C27H31ClN2O2.ClH/c1-2-32-23-14-12-21(13-15-23)20-29-16-18-30(19-17-29)26(24-10-6-7-11-25(24)28)27(31)22-8-4-3-5-9-22;/h3-15,26-27,31H,2,16-20H2,1H3;1H. The second-order valence-corrected chi connectivity index (χ2v) is 8.62. The summed E-state index contributed by atoms with van der Waals surface area (Å²) in [5, 5.41) is 12.1. The zero-order valence-corrected chi connectivity index (χ0v) is 20.5. The van der Waals surface area contributed by atoms with Crippen molar-refractivity contribution in [3.8, 4) is 5.75 Å². The number of hydrogen-bond acceptors (Lipinski definition) is 4. The number of piperazine rings is 1. The average Bonchev–Trinajstić information content (AvgIpc) is 2.83. The summed E-state index contributed by atoms with van der Waals surface area (Å²) < 4.78 is 5.55. The summed E-state index contributed by atoms with van der Waals surface area (Å²) in [6, 6.07) is 25.9. The summed E-state index contributed by atoms with van der Waals surface area (Å²) in [5.74, 6) is 0.915. The molecule has 0 aromatic heterocycles. The summed E-state index contributed by atoms with van der Waals surface area (Å²) in [4.78, 5) is 4.83. The molecule has 1 fully saturated rings. The quantitative estimate of drug-likeness (QED) is 0.439. The summed E-state index contributed by atoms with van der Waals surface area (Å²) in [5.41, 5.74) is 3.17. The van der Waals surface area contributed by atoms with E-state index in [0.717, 1.165) is 49.6 Å². The van der Waals surface area contributed by atoms with Crippen LogP contribution in [0.3, 0.4) is 0 Å². The number of aliphatic hydroxyl groups is 1. The van der Waals surface area contributed by atoms with Crippen molar-refractivity contribution in [2.45, 2.75) is 25.6 Å². The van der Waals surface area contributed by atoms with Crippen molar-refractivity contribution < 1.29 is 9.84 Å². The molecule has 3 aromatic carbocycles. The van der Waals surface area contributed by atoms with Crippen LogP contribution < -0.4 is 4.74 Å². The van der Waals surface area contributed by atoms with Crippen LogP contribution in [0, 0.1) is 0 Å². The molecule has 1 aliphatic heterocycles. The molecule has 1 saturated heterocycles. The first-order chi connectivity index (χ1) is 15.7. The third-order valence-electron chi connectivity index (χ3n) is 6.10. The van der Waals surface area contributed by atoms with Crippen LogP contribution >= 0.6 is 24.0 Å². The number of nitrogens with zero attached hydrogens (tertiary/aromatic N) is 2. The fourth-order valence-electron chi connectivity index (χ4n) is 4.43. The van der Waals surface area contributed by atoms with E-state index < -0.39 is 6.10 Å². The lowest BCUT2D eigenvalue weighted by molar-refractivity contribution is 0.0149. The van der Waals surface area contributed by atoms with Gasteiger partial charge in [0.25, 0.3) is 0 Å². The Morgan fingerprint density at radius 1 is 0.879 bits per heavy atom. The van der Waals surface area contributed by atoms with Gasteiger partial charge in [-0.05, 0) is 41.8 Å². The summed E-state index contributed by atoms with van der Waals surface area (Å²) in [6.07, 6.45) is -0.645. The third-order valence-corrected chi connectivity index (χ3v) is 6.45. The molecule has 0 bridgehead atoms. The molecule has 4 rings (SSSR count). The van der Waals surface area contributed by atoms with Crippen LogP contribution in [0.5, 0.6) is 5.75 Å². The Bertz CT molecular complexity index is 977. The van der Waals surface area contributed by atoms with Gasteiger partial charge in [0.1, 0.15) is 5.75 Å². The smallest absolute Gasteiger partial charge is 0.119 e. The summed E-state index contributed by atoms with van der Waals surface area (Å²) >= 11 is 6.58. The van der Waals surface area contributed by atoms with Crippen LogP contribution in [0.15, 0.2) is 78.9 Å². The van der Waals surface area contributed by atoms with E-state index in [9.17, 15) is 5.11 Å². The fourth-order valence-corrected chi connectivity index (χ4v) is 4.68. The van der Waals surface area contributed by atoms with E-state index in [-0.39, 0.29) is 18.4 Å². The van der Waals surface area contributed by atoms with Crippen molar-refractivity contribution in [1.82, 2.24) is 9.80 Å². The second-order valence-electron chi connectivity index (χ2n) is 8.21. The van der Waals surface area contributed by atoms with E-state index in [1.165, 1.54) is 5.56 Å². The first kappa shape index (κ1) is 25.5. The zero-order valence-electron chi connectivity index (χ0n) is 18.9. The number of ether oxygens (including phenoxy) is 1. The minimum Gasteiger partial charge on any atom is -0.494 e. The van der Waals surface area contributed by atoms with Crippen LogP contribution in [-0.4, -0.2) is 47.7 Å². The molecule has 176 valence electrons. The molecular formula is C27H32Cl2N2O2. The molecule has 0 spiro atoms. The van der Waals surface area contributed by atoms with Gasteiger partial charge in [0.15, 0.2) is 0 Å². The Balaban J connectivity index is 0.00000306. The molecule has 4 nitrogen and oxygen atoms in total. The number of aliphatic hydroxyl groups excluding tert-OH is 1. The first-order valence-corrected chi connectivity index (χ1v) is 11.7. The van der Waals surface area contributed by atoms with Crippen LogP contribution in [0.25, 0.3) is 0 Å². The van der Waals surface area contributed by atoms with Gasteiger partial charge >= 0.3 is 0 Å². The number of benzene rings is 3. The van der Waals surface area contributed by atoms with Crippen molar-refractivity contribution in [2.75, 3.05) is 32.8 Å². The molecule has 0 saturated carbocycles. The number of hydrogen-bond donors (Lipinski definition) is 1. The third kappa shape index (κ3) is 6.50.